The normalized spacial score (nSPS) is 10.5. The van der Waals surface area contributed by atoms with Crippen molar-refractivity contribution in [3.05, 3.63) is 29.8 Å². The Hall–Kier alpha value is -1.69. The molecule has 1 aromatic rings. The Morgan fingerprint density at radius 1 is 1.28 bits per heavy atom. The van der Waals surface area contributed by atoms with Gasteiger partial charge in [0.25, 0.3) is 0 Å². The van der Waals surface area contributed by atoms with Crippen molar-refractivity contribution in [3.63, 3.8) is 0 Å². The van der Waals surface area contributed by atoms with E-state index in [4.69, 9.17) is 0 Å². The molecule has 0 aliphatic rings. The average Bonchev–Trinajstić information content (AvgIpc) is 2.28. The summed E-state index contributed by atoms with van der Waals surface area (Å²) in [5.41, 5.74) is -0.0503. The zero-order chi connectivity index (χ0) is 13.5. The van der Waals surface area contributed by atoms with Crippen molar-refractivity contribution in [2.45, 2.75) is 19.9 Å². The predicted octanol–water partition coefficient (Wildman–Crippen LogP) is 2.08. The SMILES string of the molecule is CC(C)NCCNC(=O)Nc1ccc(F)cc1F. The second-order valence-corrected chi connectivity index (χ2v) is 4.11. The lowest BCUT2D eigenvalue weighted by atomic mass is 10.3. The van der Waals surface area contributed by atoms with E-state index in [9.17, 15) is 13.6 Å². The molecule has 0 saturated carbocycles. The van der Waals surface area contributed by atoms with Crippen LogP contribution in [-0.2, 0) is 0 Å². The minimum atomic E-state index is -0.801. The van der Waals surface area contributed by atoms with Crippen molar-refractivity contribution in [1.82, 2.24) is 10.6 Å². The van der Waals surface area contributed by atoms with Crippen LogP contribution in [0.4, 0.5) is 19.3 Å². The van der Waals surface area contributed by atoms with Crippen molar-refractivity contribution in [2.75, 3.05) is 18.4 Å². The van der Waals surface area contributed by atoms with Crippen LogP contribution < -0.4 is 16.0 Å². The van der Waals surface area contributed by atoms with Crippen LogP contribution in [0.5, 0.6) is 0 Å². The highest BCUT2D eigenvalue weighted by molar-refractivity contribution is 5.89. The van der Waals surface area contributed by atoms with Crippen LogP contribution in [0.3, 0.4) is 0 Å². The van der Waals surface area contributed by atoms with Gasteiger partial charge in [-0.1, -0.05) is 13.8 Å². The van der Waals surface area contributed by atoms with Gasteiger partial charge >= 0.3 is 6.03 Å². The minimum absolute atomic E-state index is 0.0503. The second-order valence-electron chi connectivity index (χ2n) is 4.11. The second kappa shape index (κ2) is 6.90. The number of halogens is 2. The highest BCUT2D eigenvalue weighted by Gasteiger charge is 2.07. The van der Waals surface area contributed by atoms with Gasteiger partial charge in [0.15, 0.2) is 0 Å². The molecule has 4 nitrogen and oxygen atoms in total. The summed E-state index contributed by atoms with van der Waals surface area (Å²) in [5, 5.41) is 7.98. The maximum Gasteiger partial charge on any atom is 0.319 e. The van der Waals surface area contributed by atoms with Crippen molar-refractivity contribution in [1.29, 1.82) is 0 Å². The van der Waals surface area contributed by atoms with E-state index < -0.39 is 17.7 Å². The largest absolute Gasteiger partial charge is 0.337 e. The molecule has 2 amide bonds. The summed E-state index contributed by atoms with van der Waals surface area (Å²) >= 11 is 0. The number of carbonyl (C=O) groups is 1. The highest BCUT2D eigenvalue weighted by Crippen LogP contribution is 2.14. The molecule has 100 valence electrons. The summed E-state index contributed by atoms with van der Waals surface area (Å²) in [4.78, 5) is 11.4. The molecule has 1 rings (SSSR count). The van der Waals surface area contributed by atoms with Gasteiger partial charge in [-0.3, -0.25) is 0 Å². The van der Waals surface area contributed by atoms with E-state index >= 15 is 0 Å². The van der Waals surface area contributed by atoms with E-state index in [0.29, 0.717) is 19.1 Å². The maximum absolute atomic E-state index is 13.2. The van der Waals surface area contributed by atoms with E-state index in [1.54, 1.807) is 0 Å². The molecule has 0 bridgehead atoms. The fourth-order valence-corrected chi connectivity index (χ4v) is 1.29. The van der Waals surface area contributed by atoms with Crippen molar-refractivity contribution in [2.24, 2.45) is 0 Å². The Kier molecular flexibility index (Phi) is 5.51. The lowest BCUT2D eigenvalue weighted by Crippen LogP contribution is -2.36. The van der Waals surface area contributed by atoms with E-state index in [1.807, 2.05) is 13.8 Å². The number of anilines is 1. The van der Waals surface area contributed by atoms with Crippen LogP contribution >= 0.6 is 0 Å². The highest BCUT2D eigenvalue weighted by atomic mass is 19.1. The first-order chi connectivity index (χ1) is 8.49. The average molecular weight is 257 g/mol. The number of nitrogens with one attached hydrogen (secondary N) is 3. The topological polar surface area (TPSA) is 53.2 Å². The molecule has 0 spiro atoms. The van der Waals surface area contributed by atoms with Gasteiger partial charge in [0.1, 0.15) is 11.6 Å². The van der Waals surface area contributed by atoms with E-state index in [1.165, 1.54) is 6.07 Å². The van der Waals surface area contributed by atoms with Gasteiger partial charge in [0.2, 0.25) is 0 Å². The summed E-state index contributed by atoms with van der Waals surface area (Å²) < 4.78 is 25.8. The van der Waals surface area contributed by atoms with Crippen LogP contribution in [0, 0.1) is 11.6 Å². The number of carbonyl (C=O) groups excluding carboxylic acids is 1. The number of amides is 2. The Balaban J connectivity index is 2.35. The first-order valence-electron chi connectivity index (χ1n) is 5.72. The third kappa shape index (κ3) is 5.09. The number of hydrogen-bond donors (Lipinski definition) is 3. The zero-order valence-corrected chi connectivity index (χ0v) is 10.4. The summed E-state index contributed by atoms with van der Waals surface area (Å²) in [7, 11) is 0. The van der Waals surface area contributed by atoms with Crippen molar-refractivity contribution in [3.8, 4) is 0 Å². The van der Waals surface area contributed by atoms with Crippen molar-refractivity contribution < 1.29 is 13.6 Å². The molecule has 0 heterocycles. The lowest BCUT2D eigenvalue weighted by molar-refractivity contribution is 0.252. The third-order valence-electron chi connectivity index (χ3n) is 2.14. The zero-order valence-electron chi connectivity index (χ0n) is 10.4. The van der Waals surface area contributed by atoms with Crippen LogP contribution in [-0.4, -0.2) is 25.2 Å². The Labute approximate surface area is 105 Å². The summed E-state index contributed by atoms with van der Waals surface area (Å²) in [5.74, 6) is -1.48. The van der Waals surface area contributed by atoms with Gasteiger partial charge in [0.05, 0.1) is 5.69 Å². The van der Waals surface area contributed by atoms with Gasteiger partial charge in [-0.2, -0.15) is 0 Å². The van der Waals surface area contributed by atoms with Crippen LogP contribution in [0.15, 0.2) is 18.2 Å². The minimum Gasteiger partial charge on any atom is -0.337 e. The molecule has 0 atom stereocenters. The molecule has 0 fully saturated rings. The fourth-order valence-electron chi connectivity index (χ4n) is 1.29. The molecular formula is C12H17F2N3O. The fraction of sp³-hybridized carbons (Fsp3) is 0.417. The number of rotatable bonds is 5. The van der Waals surface area contributed by atoms with Crippen LogP contribution in [0.25, 0.3) is 0 Å². The number of benzene rings is 1. The Morgan fingerprint density at radius 2 is 2.00 bits per heavy atom. The summed E-state index contributed by atoms with van der Waals surface area (Å²) in [6, 6.07) is 2.79. The first kappa shape index (κ1) is 14.4. The standard InChI is InChI=1S/C12H17F2N3O/c1-8(2)15-5-6-16-12(18)17-11-4-3-9(13)7-10(11)14/h3-4,7-8,15H,5-6H2,1-2H3,(H2,16,17,18). The maximum atomic E-state index is 13.2. The van der Waals surface area contributed by atoms with Gasteiger partial charge in [0, 0.05) is 25.2 Å². The van der Waals surface area contributed by atoms with E-state index in [0.717, 1.165) is 12.1 Å². The molecule has 0 unspecified atom stereocenters. The molecule has 18 heavy (non-hydrogen) atoms. The van der Waals surface area contributed by atoms with Gasteiger partial charge in [-0.05, 0) is 12.1 Å². The van der Waals surface area contributed by atoms with Crippen molar-refractivity contribution >= 4 is 11.7 Å². The Bertz CT molecular complexity index is 410. The van der Waals surface area contributed by atoms with Gasteiger partial charge in [-0.15, -0.1) is 0 Å². The summed E-state index contributed by atoms with van der Waals surface area (Å²) in [6.45, 7) is 5.03. The molecule has 3 N–H and O–H groups in total. The molecule has 0 aromatic heterocycles. The smallest absolute Gasteiger partial charge is 0.319 e. The first-order valence-corrected chi connectivity index (χ1v) is 5.72. The molecular weight excluding hydrogens is 240 g/mol. The van der Waals surface area contributed by atoms with Crippen LogP contribution in [0.1, 0.15) is 13.8 Å². The van der Waals surface area contributed by atoms with Crippen LogP contribution in [0.2, 0.25) is 0 Å². The predicted molar refractivity (Wildman–Crippen MR) is 66.5 cm³/mol. The monoisotopic (exact) mass is 257 g/mol. The molecule has 6 heteroatoms. The molecule has 1 aromatic carbocycles. The summed E-state index contributed by atoms with van der Waals surface area (Å²) in [6.07, 6.45) is 0. The quantitative estimate of drug-likeness (QED) is 0.707. The Morgan fingerprint density at radius 3 is 2.61 bits per heavy atom. The van der Waals surface area contributed by atoms with Gasteiger partial charge in [-0.25, -0.2) is 13.6 Å². The lowest BCUT2D eigenvalue weighted by Gasteiger charge is -2.10. The molecule has 0 saturated heterocycles. The third-order valence-corrected chi connectivity index (χ3v) is 2.14. The van der Waals surface area contributed by atoms with E-state index in [2.05, 4.69) is 16.0 Å². The molecule has 0 aliphatic heterocycles. The van der Waals surface area contributed by atoms with E-state index in [-0.39, 0.29) is 5.69 Å². The number of hydrogen-bond acceptors (Lipinski definition) is 2. The molecule has 0 aliphatic carbocycles. The van der Waals surface area contributed by atoms with Gasteiger partial charge < -0.3 is 16.0 Å². The molecule has 0 radical (unpaired) electrons. The number of urea groups is 1.